The first-order chi connectivity index (χ1) is 9.25. The van der Waals surface area contributed by atoms with Gasteiger partial charge in [-0.05, 0) is 37.9 Å². The monoisotopic (exact) mass is 275 g/mol. The van der Waals surface area contributed by atoms with Crippen LogP contribution in [0, 0.1) is 0 Å². The first-order valence-corrected chi connectivity index (χ1v) is 7.54. The van der Waals surface area contributed by atoms with Crippen molar-refractivity contribution < 1.29 is 0 Å². The van der Waals surface area contributed by atoms with Crippen LogP contribution >= 0.6 is 12.2 Å². The Kier molecular flexibility index (Phi) is 3.71. The van der Waals surface area contributed by atoms with Gasteiger partial charge in [-0.15, -0.1) is 0 Å². The highest BCUT2D eigenvalue weighted by Gasteiger charge is 2.29. The molecule has 3 nitrogen and oxygen atoms in total. The molecule has 4 heteroatoms. The zero-order valence-electron chi connectivity index (χ0n) is 11.2. The fourth-order valence-electron chi connectivity index (χ4n) is 3.38. The van der Waals surface area contributed by atoms with E-state index in [0.717, 1.165) is 18.7 Å². The lowest BCUT2D eigenvalue weighted by Crippen LogP contribution is -2.37. The number of nitrogens with zero attached hydrogens (tertiary/aromatic N) is 2. The van der Waals surface area contributed by atoms with Crippen LogP contribution in [-0.4, -0.2) is 42.1 Å². The average Bonchev–Trinajstić information content (AvgIpc) is 2.76. The molecule has 1 atom stereocenters. The summed E-state index contributed by atoms with van der Waals surface area (Å²) in [5, 5.41) is 0. The van der Waals surface area contributed by atoms with Crippen LogP contribution in [0.2, 0.25) is 0 Å². The van der Waals surface area contributed by atoms with Gasteiger partial charge in [-0.25, -0.2) is 0 Å². The van der Waals surface area contributed by atoms with Crippen LogP contribution in [0.25, 0.3) is 0 Å². The second-order valence-corrected chi connectivity index (χ2v) is 5.95. The van der Waals surface area contributed by atoms with Crippen LogP contribution in [0.15, 0.2) is 24.3 Å². The van der Waals surface area contributed by atoms with Crippen LogP contribution in [0.1, 0.15) is 24.8 Å². The van der Waals surface area contributed by atoms with Crippen molar-refractivity contribution in [3.63, 3.8) is 0 Å². The Morgan fingerprint density at radius 2 is 1.95 bits per heavy atom. The molecule has 1 unspecified atom stereocenters. The second-order valence-electron chi connectivity index (χ2n) is 5.51. The number of hydrogen-bond donors (Lipinski definition) is 1. The molecular weight excluding hydrogens is 254 g/mol. The Balaban J connectivity index is 1.87. The molecule has 2 aliphatic rings. The van der Waals surface area contributed by atoms with Crippen molar-refractivity contribution in [2.75, 3.05) is 31.1 Å². The predicted molar refractivity (Wildman–Crippen MR) is 83.8 cm³/mol. The van der Waals surface area contributed by atoms with Crippen molar-refractivity contribution in [1.82, 2.24) is 4.90 Å². The number of rotatable bonds is 2. The summed E-state index contributed by atoms with van der Waals surface area (Å²) in [4.78, 5) is 5.62. The highest BCUT2D eigenvalue weighted by Crippen LogP contribution is 2.27. The fraction of sp³-hybridized carbons (Fsp3) is 0.533. The van der Waals surface area contributed by atoms with Crippen molar-refractivity contribution in [2.24, 2.45) is 5.73 Å². The topological polar surface area (TPSA) is 32.5 Å². The molecule has 2 aliphatic heterocycles. The SMILES string of the molecule is NC(=S)c1ccccc1N1CCCN2CCCC2C1. The van der Waals surface area contributed by atoms with Crippen LogP contribution < -0.4 is 10.6 Å². The van der Waals surface area contributed by atoms with Crippen LogP contribution in [-0.2, 0) is 0 Å². The van der Waals surface area contributed by atoms with Gasteiger partial charge in [0.1, 0.15) is 4.99 Å². The lowest BCUT2D eigenvalue weighted by Gasteiger charge is -2.28. The molecule has 0 radical (unpaired) electrons. The number of anilines is 1. The number of thiocarbonyl (C=S) groups is 1. The lowest BCUT2D eigenvalue weighted by molar-refractivity contribution is 0.273. The van der Waals surface area contributed by atoms with Crippen LogP contribution in [0.5, 0.6) is 0 Å². The molecule has 0 saturated carbocycles. The quantitative estimate of drug-likeness (QED) is 0.837. The molecule has 2 saturated heterocycles. The Labute approximate surface area is 120 Å². The average molecular weight is 275 g/mol. The predicted octanol–water partition coefficient (Wildman–Crippen LogP) is 2.00. The number of hydrogen-bond acceptors (Lipinski definition) is 3. The minimum Gasteiger partial charge on any atom is -0.389 e. The molecular formula is C15H21N3S. The first-order valence-electron chi connectivity index (χ1n) is 7.13. The Bertz CT molecular complexity index is 474. The highest BCUT2D eigenvalue weighted by atomic mass is 32.1. The minimum absolute atomic E-state index is 0.503. The standard InChI is InChI=1S/C15H21N3S/c16-15(19)13-6-1-2-7-14(13)18-10-4-9-17-8-3-5-12(17)11-18/h1-2,6-7,12H,3-5,8-11H2,(H2,16,19). The normalized spacial score (nSPS) is 24.0. The van der Waals surface area contributed by atoms with E-state index in [1.807, 2.05) is 12.1 Å². The maximum Gasteiger partial charge on any atom is 0.106 e. The molecule has 1 aromatic rings. The van der Waals surface area contributed by atoms with Crippen molar-refractivity contribution in [3.05, 3.63) is 29.8 Å². The first kappa shape index (κ1) is 12.9. The maximum absolute atomic E-state index is 5.86. The molecule has 2 fully saturated rings. The maximum atomic E-state index is 5.86. The third-order valence-electron chi connectivity index (χ3n) is 4.31. The van der Waals surface area contributed by atoms with E-state index in [4.69, 9.17) is 18.0 Å². The molecule has 19 heavy (non-hydrogen) atoms. The third kappa shape index (κ3) is 2.60. The van der Waals surface area contributed by atoms with E-state index in [1.165, 1.54) is 38.0 Å². The van der Waals surface area contributed by atoms with E-state index >= 15 is 0 Å². The summed E-state index contributed by atoms with van der Waals surface area (Å²) in [5.41, 5.74) is 8.09. The van der Waals surface area contributed by atoms with E-state index in [-0.39, 0.29) is 0 Å². The molecule has 0 spiro atoms. The Hall–Kier alpha value is -1.13. The third-order valence-corrected chi connectivity index (χ3v) is 4.53. The summed E-state index contributed by atoms with van der Waals surface area (Å²) >= 11 is 5.19. The van der Waals surface area contributed by atoms with Gasteiger partial charge in [0.05, 0.1) is 0 Å². The Morgan fingerprint density at radius 3 is 2.79 bits per heavy atom. The van der Waals surface area contributed by atoms with Crippen LogP contribution in [0.4, 0.5) is 5.69 Å². The summed E-state index contributed by atoms with van der Waals surface area (Å²) in [5.74, 6) is 0. The van der Waals surface area contributed by atoms with E-state index in [9.17, 15) is 0 Å². The highest BCUT2D eigenvalue weighted by molar-refractivity contribution is 7.80. The van der Waals surface area contributed by atoms with Gasteiger partial charge in [0.2, 0.25) is 0 Å². The van der Waals surface area contributed by atoms with Gasteiger partial charge in [-0.1, -0.05) is 24.4 Å². The number of fused-ring (bicyclic) bond motifs is 1. The number of para-hydroxylation sites is 1. The molecule has 0 bridgehead atoms. The molecule has 0 amide bonds. The summed E-state index contributed by atoms with van der Waals surface area (Å²) in [6, 6.07) is 8.99. The summed E-state index contributed by atoms with van der Waals surface area (Å²) in [6.45, 7) is 4.72. The van der Waals surface area contributed by atoms with Gasteiger partial charge >= 0.3 is 0 Å². The molecule has 1 aromatic carbocycles. The molecule has 0 aliphatic carbocycles. The van der Waals surface area contributed by atoms with E-state index < -0.39 is 0 Å². The van der Waals surface area contributed by atoms with Gasteiger partial charge in [0.25, 0.3) is 0 Å². The summed E-state index contributed by atoms with van der Waals surface area (Å²) in [7, 11) is 0. The van der Waals surface area contributed by atoms with Crippen molar-refractivity contribution >= 4 is 22.9 Å². The number of benzene rings is 1. The zero-order valence-corrected chi connectivity index (χ0v) is 12.0. The lowest BCUT2D eigenvalue weighted by atomic mass is 10.1. The Morgan fingerprint density at radius 1 is 1.16 bits per heavy atom. The van der Waals surface area contributed by atoms with E-state index in [1.54, 1.807) is 0 Å². The van der Waals surface area contributed by atoms with Crippen molar-refractivity contribution in [1.29, 1.82) is 0 Å². The second kappa shape index (κ2) is 5.47. The molecule has 2 N–H and O–H groups in total. The van der Waals surface area contributed by atoms with Gasteiger partial charge < -0.3 is 10.6 Å². The van der Waals surface area contributed by atoms with Gasteiger partial charge in [0.15, 0.2) is 0 Å². The van der Waals surface area contributed by atoms with Crippen molar-refractivity contribution in [2.45, 2.75) is 25.3 Å². The smallest absolute Gasteiger partial charge is 0.106 e. The van der Waals surface area contributed by atoms with Gasteiger partial charge in [-0.3, -0.25) is 4.90 Å². The largest absolute Gasteiger partial charge is 0.389 e. The summed E-state index contributed by atoms with van der Waals surface area (Å²) in [6.07, 6.45) is 3.89. The fourth-order valence-corrected chi connectivity index (χ4v) is 3.56. The number of nitrogens with two attached hydrogens (primary N) is 1. The molecule has 2 heterocycles. The van der Waals surface area contributed by atoms with E-state index in [0.29, 0.717) is 11.0 Å². The molecule has 3 rings (SSSR count). The zero-order chi connectivity index (χ0) is 13.2. The minimum atomic E-state index is 0.503. The van der Waals surface area contributed by atoms with Crippen molar-refractivity contribution in [3.8, 4) is 0 Å². The van der Waals surface area contributed by atoms with Crippen LogP contribution in [0.3, 0.4) is 0 Å². The summed E-state index contributed by atoms with van der Waals surface area (Å²) < 4.78 is 0. The van der Waals surface area contributed by atoms with Gasteiger partial charge in [0, 0.05) is 36.9 Å². The molecule has 102 valence electrons. The van der Waals surface area contributed by atoms with Gasteiger partial charge in [-0.2, -0.15) is 0 Å². The molecule has 0 aromatic heterocycles. The van der Waals surface area contributed by atoms with E-state index in [2.05, 4.69) is 21.9 Å².